The summed E-state index contributed by atoms with van der Waals surface area (Å²) in [6.07, 6.45) is 2.38. The molecule has 1 amide bonds. The van der Waals surface area contributed by atoms with Crippen molar-refractivity contribution >= 4 is 41.1 Å². The molecule has 1 aromatic rings. The topological polar surface area (TPSA) is 110 Å². The normalized spacial score (nSPS) is 16.6. The van der Waals surface area contributed by atoms with Crippen LogP contribution in [0, 0.1) is 10.1 Å². The van der Waals surface area contributed by atoms with E-state index in [-0.39, 0.29) is 11.3 Å². The minimum absolute atomic E-state index is 0.0911. The lowest BCUT2D eigenvalue weighted by Gasteiger charge is -2.33. The van der Waals surface area contributed by atoms with Crippen LogP contribution in [0.3, 0.4) is 0 Å². The standard InChI is InChI=1S/C14H16N2O5S2/c1-22-11-3-2-9(8-10(11)16(20)21)12(17)15-14(13(18)19)4-6-23-7-5-14/h2-3,8H,4-7H2,1H3,(H,15,17)(H,18,19). The third-order valence-electron chi connectivity index (χ3n) is 3.75. The van der Waals surface area contributed by atoms with Crippen molar-refractivity contribution in [1.29, 1.82) is 0 Å². The lowest BCUT2D eigenvalue weighted by molar-refractivity contribution is -0.387. The highest BCUT2D eigenvalue weighted by Gasteiger charge is 2.41. The van der Waals surface area contributed by atoms with Crippen molar-refractivity contribution in [3.8, 4) is 0 Å². The molecule has 0 radical (unpaired) electrons. The van der Waals surface area contributed by atoms with Gasteiger partial charge in [-0.05, 0) is 42.7 Å². The number of carbonyl (C=O) groups is 2. The predicted octanol–water partition coefficient (Wildman–Crippen LogP) is 2.40. The molecule has 1 heterocycles. The van der Waals surface area contributed by atoms with Gasteiger partial charge in [0, 0.05) is 11.6 Å². The number of hydrogen-bond donors (Lipinski definition) is 2. The number of benzene rings is 1. The zero-order chi connectivity index (χ0) is 17.0. The third kappa shape index (κ3) is 3.78. The van der Waals surface area contributed by atoms with Crippen molar-refractivity contribution < 1.29 is 19.6 Å². The van der Waals surface area contributed by atoms with E-state index in [0.29, 0.717) is 29.2 Å². The van der Waals surface area contributed by atoms with Crippen LogP contribution in [0.2, 0.25) is 0 Å². The highest BCUT2D eigenvalue weighted by Crippen LogP contribution is 2.30. The number of carboxylic acids is 1. The summed E-state index contributed by atoms with van der Waals surface area (Å²) < 4.78 is 0. The Bertz CT molecular complexity index is 644. The van der Waals surface area contributed by atoms with Crippen molar-refractivity contribution in [2.45, 2.75) is 23.3 Å². The first kappa shape index (κ1) is 17.6. The van der Waals surface area contributed by atoms with Crippen molar-refractivity contribution in [3.63, 3.8) is 0 Å². The molecule has 1 fully saturated rings. The van der Waals surface area contributed by atoms with Gasteiger partial charge in [0.1, 0.15) is 5.54 Å². The van der Waals surface area contributed by atoms with E-state index in [2.05, 4.69) is 5.32 Å². The largest absolute Gasteiger partial charge is 0.480 e. The van der Waals surface area contributed by atoms with Crippen LogP contribution in [0.5, 0.6) is 0 Å². The molecule has 1 saturated heterocycles. The van der Waals surface area contributed by atoms with Gasteiger partial charge < -0.3 is 10.4 Å². The number of nitro benzene ring substituents is 1. The summed E-state index contributed by atoms with van der Waals surface area (Å²) in [5.74, 6) is -0.368. The van der Waals surface area contributed by atoms with Crippen molar-refractivity contribution in [2.75, 3.05) is 17.8 Å². The first-order valence-electron chi connectivity index (χ1n) is 6.86. The molecule has 124 valence electrons. The maximum absolute atomic E-state index is 12.4. The molecule has 0 bridgehead atoms. The monoisotopic (exact) mass is 356 g/mol. The summed E-state index contributed by atoms with van der Waals surface area (Å²) in [6, 6.07) is 4.16. The molecule has 2 rings (SSSR count). The second kappa shape index (κ2) is 7.22. The molecule has 1 aromatic carbocycles. The van der Waals surface area contributed by atoms with Gasteiger partial charge in [-0.1, -0.05) is 0 Å². The number of rotatable bonds is 5. The van der Waals surface area contributed by atoms with E-state index in [1.807, 2.05) is 0 Å². The Morgan fingerprint density at radius 2 is 2.04 bits per heavy atom. The summed E-state index contributed by atoms with van der Waals surface area (Å²) in [5, 5.41) is 23.1. The van der Waals surface area contributed by atoms with E-state index in [9.17, 15) is 24.8 Å². The van der Waals surface area contributed by atoms with Crippen LogP contribution in [0.4, 0.5) is 5.69 Å². The van der Waals surface area contributed by atoms with Gasteiger partial charge in [0.25, 0.3) is 11.6 Å². The molecular weight excluding hydrogens is 340 g/mol. The second-order valence-corrected chi connectivity index (χ2v) is 7.17. The summed E-state index contributed by atoms with van der Waals surface area (Å²) in [5.41, 5.74) is -1.36. The van der Waals surface area contributed by atoms with Gasteiger partial charge in [-0.3, -0.25) is 14.9 Å². The molecule has 2 N–H and O–H groups in total. The van der Waals surface area contributed by atoms with Crippen LogP contribution in [-0.4, -0.2) is 45.2 Å². The quantitative estimate of drug-likeness (QED) is 0.473. The van der Waals surface area contributed by atoms with Crippen LogP contribution in [0.15, 0.2) is 23.1 Å². The van der Waals surface area contributed by atoms with Gasteiger partial charge in [0.05, 0.1) is 9.82 Å². The number of nitro groups is 1. The van der Waals surface area contributed by atoms with E-state index < -0.39 is 22.3 Å². The van der Waals surface area contributed by atoms with Crippen LogP contribution in [-0.2, 0) is 4.79 Å². The Labute approximate surface area is 141 Å². The van der Waals surface area contributed by atoms with Crippen LogP contribution >= 0.6 is 23.5 Å². The summed E-state index contributed by atoms with van der Waals surface area (Å²) >= 11 is 2.86. The average Bonchev–Trinajstić information content (AvgIpc) is 2.54. The first-order chi connectivity index (χ1) is 10.9. The maximum atomic E-state index is 12.4. The number of carbonyl (C=O) groups excluding carboxylic acids is 1. The molecular formula is C14H16N2O5S2. The van der Waals surface area contributed by atoms with Gasteiger partial charge in [0.2, 0.25) is 0 Å². The molecule has 9 heteroatoms. The van der Waals surface area contributed by atoms with Crippen LogP contribution < -0.4 is 5.32 Å². The van der Waals surface area contributed by atoms with Gasteiger partial charge in [-0.2, -0.15) is 11.8 Å². The number of aliphatic carboxylic acids is 1. The van der Waals surface area contributed by atoms with Gasteiger partial charge in [-0.25, -0.2) is 4.79 Å². The third-order valence-corrected chi connectivity index (χ3v) is 5.52. The Hall–Kier alpha value is -1.74. The summed E-state index contributed by atoms with van der Waals surface area (Å²) in [6.45, 7) is 0. The lowest BCUT2D eigenvalue weighted by atomic mass is 9.92. The van der Waals surface area contributed by atoms with Crippen LogP contribution in [0.25, 0.3) is 0 Å². The fourth-order valence-electron chi connectivity index (χ4n) is 2.38. The van der Waals surface area contributed by atoms with E-state index in [0.717, 1.165) is 0 Å². The fraction of sp³-hybridized carbons (Fsp3) is 0.429. The number of carboxylic acid groups (broad SMARTS) is 1. The van der Waals surface area contributed by atoms with Gasteiger partial charge in [0.15, 0.2) is 0 Å². The number of amides is 1. The second-order valence-electron chi connectivity index (χ2n) is 5.10. The number of thioether (sulfide) groups is 2. The maximum Gasteiger partial charge on any atom is 0.329 e. The smallest absolute Gasteiger partial charge is 0.329 e. The van der Waals surface area contributed by atoms with E-state index in [1.54, 1.807) is 18.0 Å². The van der Waals surface area contributed by atoms with Crippen LogP contribution in [0.1, 0.15) is 23.2 Å². The van der Waals surface area contributed by atoms with Gasteiger partial charge in [-0.15, -0.1) is 11.8 Å². The molecule has 23 heavy (non-hydrogen) atoms. The Morgan fingerprint density at radius 1 is 1.39 bits per heavy atom. The Balaban J connectivity index is 2.27. The van der Waals surface area contributed by atoms with E-state index >= 15 is 0 Å². The molecule has 0 unspecified atom stereocenters. The number of nitrogens with one attached hydrogen (secondary N) is 1. The van der Waals surface area contributed by atoms with E-state index in [1.165, 1.54) is 30.0 Å². The van der Waals surface area contributed by atoms with Crippen molar-refractivity contribution in [2.24, 2.45) is 0 Å². The minimum Gasteiger partial charge on any atom is -0.480 e. The van der Waals surface area contributed by atoms with E-state index in [4.69, 9.17) is 0 Å². The zero-order valence-electron chi connectivity index (χ0n) is 12.4. The Morgan fingerprint density at radius 3 is 2.57 bits per heavy atom. The lowest BCUT2D eigenvalue weighted by Crippen LogP contribution is -2.56. The predicted molar refractivity (Wildman–Crippen MR) is 89.3 cm³/mol. The zero-order valence-corrected chi connectivity index (χ0v) is 14.0. The highest BCUT2D eigenvalue weighted by molar-refractivity contribution is 7.99. The average molecular weight is 356 g/mol. The molecule has 7 nitrogen and oxygen atoms in total. The highest BCUT2D eigenvalue weighted by atomic mass is 32.2. The minimum atomic E-state index is -1.30. The first-order valence-corrected chi connectivity index (χ1v) is 9.23. The SMILES string of the molecule is CSc1ccc(C(=O)NC2(C(=O)O)CCSCC2)cc1[N+](=O)[O-]. The number of nitrogens with zero attached hydrogens (tertiary/aromatic N) is 1. The summed E-state index contributed by atoms with van der Waals surface area (Å²) in [4.78, 5) is 35.0. The fourth-order valence-corrected chi connectivity index (χ4v) is 4.11. The molecule has 0 saturated carbocycles. The Kier molecular flexibility index (Phi) is 5.53. The molecule has 0 atom stereocenters. The van der Waals surface area contributed by atoms with Crippen molar-refractivity contribution in [1.82, 2.24) is 5.32 Å². The number of hydrogen-bond acceptors (Lipinski definition) is 6. The molecule has 1 aliphatic heterocycles. The molecule has 0 aromatic heterocycles. The van der Waals surface area contributed by atoms with Gasteiger partial charge >= 0.3 is 5.97 Å². The molecule has 1 aliphatic rings. The molecule has 0 spiro atoms. The molecule has 0 aliphatic carbocycles. The van der Waals surface area contributed by atoms with Crippen molar-refractivity contribution in [3.05, 3.63) is 33.9 Å². The summed E-state index contributed by atoms with van der Waals surface area (Å²) in [7, 11) is 0.